The van der Waals surface area contributed by atoms with Crippen LogP contribution in [-0.4, -0.2) is 95.4 Å². The van der Waals surface area contributed by atoms with Gasteiger partial charge in [-0.15, -0.1) is 0 Å². The van der Waals surface area contributed by atoms with Crippen molar-refractivity contribution in [2.75, 3.05) is 0 Å². The van der Waals surface area contributed by atoms with Crippen LogP contribution in [-0.2, 0) is 32.3 Å². The summed E-state index contributed by atoms with van der Waals surface area (Å²) in [5.74, 6) is -2.72. The number of aliphatic hydroxyl groups is 2. The Bertz CT molecular complexity index is 1110. The summed E-state index contributed by atoms with van der Waals surface area (Å²) in [5.41, 5.74) is 2.48. The van der Waals surface area contributed by atoms with Crippen LogP contribution in [0, 0.1) is 0 Å². The van der Waals surface area contributed by atoms with Crippen molar-refractivity contribution in [1.82, 2.24) is 0 Å². The zero-order valence-electron chi connectivity index (χ0n) is 37.3. The van der Waals surface area contributed by atoms with E-state index in [1.807, 2.05) is 12.1 Å². The molecule has 0 radical (unpaired) electrons. The summed E-state index contributed by atoms with van der Waals surface area (Å²) in [6, 6.07) is 20.8. The molecule has 0 saturated carbocycles. The van der Waals surface area contributed by atoms with Gasteiger partial charge in [0.05, 0.1) is 49.6 Å². The van der Waals surface area contributed by atoms with Crippen molar-refractivity contribution >= 4 is 60.8 Å². The van der Waals surface area contributed by atoms with Gasteiger partial charge >= 0.3 is 48.9 Å². The topological polar surface area (TPSA) is 139 Å². The number of benzene rings is 2. The van der Waals surface area contributed by atoms with Gasteiger partial charge in [-0.2, -0.15) is 0 Å². The molecule has 59 heavy (non-hydrogen) atoms. The van der Waals surface area contributed by atoms with Crippen molar-refractivity contribution in [3.8, 4) is 0 Å². The summed E-state index contributed by atoms with van der Waals surface area (Å²) in [4.78, 5) is 20.9. The van der Waals surface area contributed by atoms with E-state index in [4.69, 9.17) is 9.47 Å². The first-order chi connectivity index (χ1) is 28.3. The SMILES string of the molecule is CCCCCCCC(CCCCCCCCC(O)C(=O)[O-])OCc1ccccc1.CCCCCCCC(CCCCCCCCC(O)C(=O)[O-])OCc1ccccc1.[Ba+2]. The average Bonchev–Trinajstić information content (AvgIpc) is 3.23. The average molecular weight is 949 g/mol. The number of carbonyl (C=O) groups is 2. The van der Waals surface area contributed by atoms with E-state index in [1.54, 1.807) is 0 Å². The number of ether oxygens (including phenoxy) is 2. The molecule has 0 aliphatic rings. The fourth-order valence-corrected chi connectivity index (χ4v) is 7.22. The summed E-state index contributed by atoms with van der Waals surface area (Å²) in [6.45, 7) is 5.89. The fourth-order valence-electron chi connectivity index (χ4n) is 7.22. The molecule has 0 aliphatic heterocycles. The van der Waals surface area contributed by atoms with Crippen LogP contribution in [0.3, 0.4) is 0 Å². The maximum absolute atomic E-state index is 10.5. The molecule has 0 aliphatic carbocycles. The number of hydrogen-bond acceptors (Lipinski definition) is 8. The largest absolute Gasteiger partial charge is 2.00 e. The van der Waals surface area contributed by atoms with Gasteiger partial charge in [0, 0.05) is 0 Å². The molecule has 0 saturated heterocycles. The van der Waals surface area contributed by atoms with E-state index in [1.165, 1.54) is 101 Å². The minimum absolute atomic E-state index is 0. The molecule has 8 nitrogen and oxygen atoms in total. The first kappa shape index (κ1) is 57.8. The van der Waals surface area contributed by atoms with Crippen LogP contribution in [0.5, 0.6) is 0 Å². The number of rotatable bonds is 38. The van der Waals surface area contributed by atoms with E-state index in [9.17, 15) is 30.0 Å². The van der Waals surface area contributed by atoms with Crippen molar-refractivity contribution in [2.45, 2.75) is 231 Å². The minimum Gasteiger partial charge on any atom is -0.547 e. The number of hydrogen-bond donors (Lipinski definition) is 2. The fraction of sp³-hybridized carbons (Fsp3) is 0.720. The Hall–Kier alpha value is -1.21. The molecule has 0 fully saturated rings. The van der Waals surface area contributed by atoms with Crippen LogP contribution < -0.4 is 10.2 Å². The van der Waals surface area contributed by atoms with Crippen LogP contribution in [0.2, 0.25) is 0 Å². The van der Waals surface area contributed by atoms with E-state index in [2.05, 4.69) is 62.4 Å². The van der Waals surface area contributed by atoms with Crippen LogP contribution in [0.1, 0.15) is 205 Å². The van der Waals surface area contributed by atoms with Crippen molar-refractivity contribution in [3.63, 3.8) is 0 Å². The van der Waals surface area contributed by atoms with Crippen molar-refractivity contribution < 1.29 is 39.5 Å². The zero-order chi connectivity index (χ0) is 42.3. The normalized spacial score (nSPS) is 13.1. The number of carboxylic acid groups (broad SMARTS) is 2. The Morgan fingerprint density at radius 1 is 0.441 bits per heavy atom. The van der Waals surface area contributed by atoms with Gasteiger partial charge in [-0.1, -0.05) is 216 Å². The van der Waals surface area contributed by atoms with Crippen LogP contribution in [0.4, 0.5) is 0 Å². The van der Waals surface area contributed by atoms with Gasteiger partial charge in [-0.3, -0.25) is 0 Å². The Balaban J connectivity index is 0.00000112. The molecule has 0 aromatic heterocycles. The smallest absolute Gasteiger partial charge is 0.547 e. The molecule has 2 N–H and O–H groups in total. The maximum Gasteiger partial charge on any atom is 2.00 e. The Labute approximate surface area is 400 Å². The van der Waals surface area contributed by atoms with Crippen LogP contribution >= 0.6 is 0 Å². The second-order valence-corrected chi connectivity index (χ2v) is 16.3. The van der Waals surface area contributed by atoms with Crippen LogP contribution in [0.25, 0.3) is 0 Å². The number of aliphatic carboxylic acids is 2. The van der Waals surface area contributed by atoms with E-state index in [-0.39, 0.29) is 48.9 Å². The third kappa shape index (κ3) is 36.0. The van der Waals surface area contributed by atoms with E-state index in [0.29, 0.717) is 38.3 Å². The molecule has 2 aromatic carbocycles. The maximum atomic E-state index is 10.5. The first-order valence-electron chi connectivity index (χ1n) is 23.4. The number of carboxylic acids is 2. The number of carbonyl (C=O) groups excluding carboxylic acids is 2. The molecule has 4 unspecified atom stereocenters. The summed E-state index contributed by atoms with van der Waals surface area (Å²) < 4.78 is 12.5. The van der Waals surface area contributed by atoms with Gasteiger partial charge in [0.1, 0.15) is 0 Å². The molecule has 332 valence electrons. The number of aliphatic hydroxyl groups excluding tert-OH is 2. The Morgan fingerprint density at radius 3 is 0.966 bits per heavy atom. The van der Waals surface area contributed by atoms with Gasteiger partial charge in [0.25, 0.3) is 0 Å². The zero-order valence-corrected chi connectivity index (χ0v) is 41.8. The molecule has 4 atom stereocenters. The predicted molar refractivity (Wildman–Crippen MR) is 238 cm³/mol. The molecule has 0 amide bonds. The van der Waals surface area contributed by atoms with Crippen molar-refractivity contribution in [2.24, 2.45) is 0 Å². The Morgan fingerprint density at radius 2 is 0.695 bits per heavy atom. The van der Waals surface area contributed by atoms with E-state index in [0.717, 1.165) is 77.0 Å². The Kier molecular flexibility index (Phi) is 41.2. The summed E-state index contributed by atoms with van der Waals surface area (Å²) >= 11 is 0. The molecule has 0 heterocycles. The van der Waals surface area contributed by atoms with E-state index < -0.39 is 24.1 Å². The summed E-state index contributed by atoms with van der Waals surface area (Å²) in [5, 5.41) is 39.3. The van der Waals surface area contributed by atoms with Gasteiger partial charge < -0.3 is 39.5 Å². The second-order valence-electron chi connectivity index (χ2n) is 16.3. The minimum atomic E-state index is -1.36. The molecular formula is C50H82BaO8. The van der Waals surface area contributed by atoms with Crippen molar-refractivity contribution in [1.29, 1.82) is 0 Å². The van der Waals surface area contributed by atoms with Gasteiger partial charge in [-0.05, 0) is 49.7 Å². The monoisotopic (exact) mass is 949 g/mol. The molecule has 0 bridgehead atoms. The predicted octanol–water partition coefficient (Wildman–Crippen LogP) is 9.95. The van der Waals surface area contributed by atoms with Crippen molar-refractivity contribution in [3.05, 3.63) is 71.8 Å². The third-order valence-corrected chi connectivity index (χ3v) is 11.0. The quantitative estimate of drug-likeness (QED) is 0.0501. The third-order valence-electron chi connectivity index (χ3n) is 11.0. The van der Waals surface area contributed by atoms with Gasteiger partial charge in [-0.25, -0.2) is 0 Å². The summed E-state index contributed by atoms with van der Waals surface area (Å²) in [6.07, 6.45) is 28.8. The van der Waals surface area contributed by atoms with Gasteiger partial charge in [0.15, 0.2) is 0 Å². The standard InChI is InChI=1S/2C25H42O4.Ba/c2*1-2-3-4-7-13-18-23(29-21-22-16-11-10-12-17-22)19-14-8-5-6-9-15-20-24(26)25(27)28;/h2*10-12,16-17,23-24,26H,2-9,13-15,18-21H2,1H3,(H,27,28);/q;;+2/p-2. The second kappa shape index (κ2) is 42.1. The number of unbranched alkanes of at least 4 members (excludes halogenated alkanes) is 18. The molecule has 0 spiro atoms. The van der Waals surface area contributed by atoms with E-state index >= 15 is 0 Å². The summed E-state index contributed by atoms with van der Waals surface area (Å²) in [7, 11) is 0. The molecule has 2 aromatic rings. The first-order valence-corrected chi connectivity index (χ1v) is 23.4. The van der Waals surface area contributed by atoms with Crippen LogP contribution in [0.15, 0.2) is 60.7 Å². The van der Waals surface area contributed by atoms with Gasteiger partial charge in [0.2, 0.25) is 0 Å². The molecule has 2 rings (SSSR count). The molecule has 9 heteroatoms. The molecular weight excluding hydrogens is 866 g/mol.